The third kappa shape index (κ3) is 3.82. The lowest BCUT2D eigenvalue weighted by Gasteiger charge is -2.15. The molecule has 0 N–H and O–H groups in total. The third-order valence-corrected chi connectivity index (χ3v) is 4.09. The molecule has 1 aromatic carbocycles. The Labute approximate surface area is 127 Å². The van der Waals surface area contributed by atoms with Crippen LogP contribution in [0.15, 0.2) is 36.4 Å². The van der Waals surface area contributed by atoms with E-state index in [4.69, 9.17) is 16.3 Å². The highest BCUT2D eigenvalue weighted by Crippen LogP contribution is 2.23. The lowest BCUT2D eigenvalue weighted by atomic mass is 10.1. The van der Waals surface area contributed by atoms with Crippen molar-refractivity contribution in [2.45, 2.75) is 6.54 Å². The number of ether oxygens (including phenoxy) is 1. The second-order valence-corrected chi connectivity index (χ2v) is 6.30. The normalized spacial score (nSPS) is 10.8. The number of hydrogen-bond donors (Lipinski definition) is 0. The van der Waals surface area contributed by atoms with Crippen LogP contribution in [0.5, 0.6) is 5.75 Å². The highest BCUT2D eigenvalue weighted by atomic mass is 35.5. The van der Waals surface area contributed by atoms with E-state index in [2.05, 4.69) is 0 Å². The van der Waals surface area contributed by atoms with Crippen LogP contribution in [0.2, 0.25) is 4.34 Å². The minimum Gasteiger partial charge on any atom is -0.496 e. The molecule has 0 saturated heterocycles. The molecule has 0 spiro atoms. The fourth-order valence-corrected chi connectivity index (χ4v) is 3.13. The van der Waals surface area contributed by atoms with E-state index in [0.717, 1.165) is 9.21 Å². The number of Topliss-reactive ketones (excluding diaryl/α,β-unsaturated/α-hetero) is 1. The van der Waals surface area contributed by atoms with Crippen molar-refractivity contribution in [3.63, 3.8) is 0 Å². The van der Waals surface area contributed by atoms with Gasteiger partial charge in [-0.1, -0.05) is 23.7 Å². The molecule has 2 aromatic rings. The monoisotopic (exact) mass is 309 g/mol. The molecule has 0 unspecified atom stereocenters. The van der Waals surface area contributed by atoms with Gasteiger partial charge in [0.2, 0.25) is 0 Å². The van der Waals surface area contributed by atoms with Crippen LogP contribution in [0.1, 0.15) is 15.2 Å². The Balaban J connectivity index is 2.00. The van der Waals surface area contributed by atoms with Crippen molar-refractivity contribution in [2.24, 2.45) is 0 Å². The van der Waals surface area contributed by atoms with Crippen LogP contribution in [0.25, 0.3) is 0 Å². The molecular weight excluding hydrogens is 294 g/mol. The number of hydrogen-bond acceptors (Lipinski definition) is 4. The van der Waals surface area contributed by atoms with E-state index in [1.54, 1.807) is 19.2 Å². The maximum atomic E-state index is 12.3. The summed E-state index contributed by atoms with van der Waals surface area (Å²) in [6.45, 7) is 1.05. The maximum absolute atomic E-state index is 12.3. The van der Waals surface area contributed by atoms with Crippen LogP contribution < -0.4 is 4.74 Å². The average Bonchev–Trinajstić information content (AvgIpc) is 2.83. The third-order valence-electron chi connectivity index (χ3n) is 2.88. The summed E-state index contributed by atoms with van der Waals surface area (Å²) in [5, 5.41) is 0. The molecule has 5 heteroatoms. The summed E-state index contributed by atoms with van der Waals surface area (Å²) in [4.78, 5) is 15.4. The van der Waals surface area contributed by atoms with Gasteiger partial charge in [-0.25, -0.2) is 0 Å². The van der Waals surface area contributed by atoms with Crippen molar-refractivity contribution >= 4 is 28.7 Å². The molecule has 1 aromatic heterocycles. The van der Waals surface area contributed by atoms with Gasteiger partial charge in [0.05, 0.1) is 23.6 Å². The van der Waals surface area contributed by atoms with E-state index in [-0.39, 0.29) is 5.78 Å². The predicted molar refractivity (Wildman–Crippen MR) is 83.0 cm³/mol. The highest BCUT2D eigenvalue weighted by molar-refractivity contribution is 7.16. The quantitative estimate of drug-likeness (QED) is 0.762. The molecule has 0 saturated carbocycles. The number of carbonyl (C=O) groups is 1. The second kappa shape index (κ2) is 6.88. The summed E-state index contributed by atoms with van der Waals surface area (Å²) >= 11 is 7.44. The maximum Gasteiger partial charge on any atom is 0.180 e. The van der Waals surface area contributed by atoms with Gasteiger partial charge >= 0.3 is 0 Å². The molecule has 0 aliphatic rings. The van der Waals surface area contributed by atoms with E-state index in [1.807, 2.05) is 36.2 Å². The summed E-state index contributed by atoms with van der Waals surface area (Å²) in [6.07, 6.45) is 0. The van der Waals surface area contributed by atoms with Crippen LogP contribution >= 0.6 is 22.9 Å². The lowest BCUT2D eigenvalue weighted by Crippen LogP contribution is -2.25. The van der Waals surface area contributed by atoms with Crippen molar-refractivity contribution in [3.8, 4) is 5.75 Å². The van der Waals surface area contributed by atoms with Crippen LogP contribution in [0, 0.1) is 0 Å². The van der Waals surface area contributed by atoms with E-state index in [0.29, 0.717) is 24.4 Å². The topological polar surface area (TPSA) is 29.5 Å². The molecule has 1 heterocycles. The molecule has 0 fully saturated rings. The Hall–Kier alpha value is -1.36. The van der Waals surface area contributed by atoms with Gasteiger partial charge in [0, 0.05) is 11.4 Å². The number of halogens is 1. The number of nitrogens with zero attached hydrogens (tertiary/aromatic N) is 1. The minimum atomic E-state index is 0.0487. The zero-order chi connectivity index (χ0) is 14.5. The SMILES string of the molecule is COc1ccccc1C(=O)CN(C)Cc1ccc(Cl)s1. The molecule has 0 aliphatic heterocycles. The van der Waals surface area contributed by atoms with E-state index in [1.165, 1.54) is 11.3 Å². The Bertz CT molecular complexity index is 597. The minimum absolute atomic E-state index is 0.0487. The van der Waals surface area contributed by atoms with Gasteiger partial charge < -0.3 is 4.74 Å². The molecule has 0 bridgehead atoms. The number of methoxy groups -OCH3 is 1. The zero-order valence-electron chi connectivity index (χ0n) is 11.4. The van der Waals surface area contributed by atoms with E-state index in [9.17, 15) is 4.79 Å². The molecular formula is C15H16ClNO2S. The van der Waals surface area contributed by atoms with Gasteiger partial charge in [0.25, 0.3) is 0 Å². The van der Waals surface area contributed by atoms with Gasteiger partial charge in [0.15, 0.2) is 5.78 Å². The van der Waals surface area contributed by atoms with Gasteiger partial charge in [-0.2, -0.15) is 0 Å². The standard InChI is InChI=1S/C15H16ClNO2S/c1-17(9-11-7-8-15(16)20-11)10-13(18)12-5-3-4-6-14(12)19-2/h3-8H,9-10H2,1-2H3. The molecule has 2 rings (SSSR count). The van der Waals surface area contributed by atoms with Crippen LogP contribution in [0.3, 0.4) is 0 Å². The van der Waals surface area contributed by atoms with E-state index >= 15 is 0 Å². The molecule has 0 amide bonds. The Morgan fingerprint density at radius 2 is 2.05 bits per heavy atom. The number of benzene rings is 1. The number of para-hydroxylation sites is 1. The molecule has 106 valence electrons. The summed E-state index contributed by atoms with van der Waals surface area (Å²) in [7, 11) is 3.49. The van der Waals surface area contributed by atoms with Crippen molar-refractivity contribution < 1.29 is 9.53 Å². The number of thiophene rings is 1. The summed E-state index contributed by atoms with van der Waals surface area (Å²) in [5.41, 5.74) is 0.617. The number of carbonyl (C=O) groups excluding carboxylic acids is 1. The predicted octanol–water partition coefficient (Wildman–Crippen LogP) is 3.72. The fourth-order valence-electron chi connectivity index (χ4n) is 1.96. The fraction of sp³-hybridized carbons (Fsp3) is 0.267. The lowest BCUT2D eigenvalue weighted by molar-refractivity contribution is 0.0940. The largest absolute Gasteiger partial charge is 0.496 e. The summed E-state index contributed by atoms with van der Waals surface area (Å²) in [5.74, 6) is 0.665. The van der Waals surface area contributed by atoms with Crippen molar-refractivity contribution in [2.75, 3.05) is 20.7 Å². The number of rotatable bonds is 6. The zero-order valence-corrected chi connectivity index (χ0v) is 13.0. The Morgan fingerprint density at radius 3 is 2.70 bits per heavy atom. The summed E-state index contributed by atoms with van der Waals surface area (Å²) in [6, 6.07) is 11.1. The second-order valence-electron chi connectivity index (χ2n) is 4.50. The van der Waals surface area contributed by atoms with Gasteiger partial charge in [0.1, 0.15) is 5.75 Å². The van der Waals surface area contributed by atoms with Crippen molar-refractivity contribution in [1.82, 2.24) is 4.90 Å². The molecule has 3 nitrogen and oxygen atoms in total. The van der Waals surface area contributed by atoms with Crippen molar-refractivity contribution in [1.29, 1.82) is 0 Å². The first kappa shape index (κ1) is 15.0. The Kier molecular flexibility index (Phi) is 5.17. The van der Waals surface area contributed by atoms with Gasteiger partial charge in [-0.05, 0) is 31.3 Å². The first-order valence-electron chi connectivity index (χ1n) is 6.19. The van der Waals surface area contributed by atoms with Gasteiger partial charge in [-0.15, -0.1) is 11.3 Å². The van der Waals surface area contributed by atoms with Crippen LogP contribution in [-0.4, -0.2) is 31.4 Å². The van der Waals surface area contributed by atoms with Crippen LogP contribution in [0.4, 0.5) is 0 Å². The highest BCUT2D eigenvalue weighted by Gasteiger charge is 2.14. The van der Waals surface area contributed by atoms with E-state index < -0.39 is 0 Å². The molecule has 0 radical (unpaired) electrons. The smallest absolute Gasteiger partial charge is 0.180 e. The molecule has 20 heavy (non-hydrogen) atoms. The number of likely N-dealkylation sites (N-methyl/N-ethyl adjacent to an activating group) is 1. The van der Waals surface area contributed by atoms with Crippen LogP contribution in [-0.2, 0) is 6.54 Å². The number of ketones is 1. The van der Waals surface area contributed by atoms with Gasteiger partial charge in [-0.3, -0.25) is 9.69 Å². The van der Waals surface area contributed by atoms with Crippen molar-refractivity contribution in [3.05, 3.63) is 51.2 Å². The average molecular weight is 310 g/mol. The first-order valence-corrected chi connectivity index (χ1v) is 7.38. The summed E-state index contributed by atoms with van der Waals surface area (Å²) < 4.78 is 5.98. The first-order chi connectivity index (χ1) is 9.60. The molecule has 0 aliphatic carbocycles. The Morgan fingerprint density at radius 1 is 1.30 bits per heavy atom. The molecule has 0 atom stereocenters.